The van der Waals surface area contributed by atoms with E-state index >= 15 is 0 Å². The minimum absolute atomic E-state index is 0.122. The second-order valence-electron chi connectivity index (χ2n) is 9.35. The van der Waals surface area contributed by atoms with Crippen molar-refractivity contribution < 1.29 is 18.3 Å². The molecule has 1 atom stereocenters. The van der Waals surface area contributed by atoms with Gasteiger partial charge in [-0.3, -0.25) is 4.72 Å². The van der Waals surface area contributed by atoms with Crippen LogP contribution in [0.5, 0.6) is 0 Å². The van der Waals surface area contributed by atoms with Gasteiger partial charge in [0.1, 0.15) is 0 Å². The van der Waals surface area contributed by atoms with Crippen molar-refractivity contribution in [3.63, 3.8) is 0 Å². The van der Waals surface area contributed by atoms with Crippen LogP contribution in [0.15, 0.2) is 41.3 Å². The van der Waals surface area contributed by atoms with Crippen molar-refractivity contribution in [1.82, 2.24) is 4.90 Å². The van der Waals surface area contributed by atoms with Gasteiger partial charge in [0, 0.05) is 25.3 Å². The maximum atomic E-state index is 12.9. The van der Waals surface area contributed by atoms with Crippen molar-refractivity contribution in [2.24, 2.45) is 5.92 Å². The van der Waals surface area contributed by atoms with Gasteiger partial charge in [0.15, 0.2) is 0 Å². The van der Waals surface area contributed by atoms with E-state index < -0.39 is 16.0 Å². The molecule has 33 heavy (non-hydrogen) atoms. The fourth-order valence-electron chi connectivity index (χ4n) is 4.90. The molecule has 2 saturated heterocycles. The van der Waals surface area contributed by atoms with Gasteiger partial charge in [-0.05, 0) is 100.0 Å². The van der Waals surface area contributed by atoms with Crippen LogP contribution in [0, 0.1) is 19.8 Å². The number of aryl methyl sites for hydroxylation is 2. The number of nitrogens with one attached hydrogen (secondary N) is 1. The van der Waals surface area contributed by atoms with E-state index in [1.165, 1.54) is 18.9 Å². The maximum absolute atomic E-state index is 12.9. The Balaban J connectivity index is 1.53. The molecule has 2 heterocycles. The van der Waals surface area contributed by atoms with Gasteiger partial charge in [-0.25, -0.2) is 13.2 Å². The topological polar surface area (TPSA) is 90.0 Å². The molecule has 178 valence electrons. The van der Waals surface area contributed by atoms with Crippen LogP contribution in [0.3, 0.4) is 0 Å². The molecule has 2 aliphatic heterocycles. The Morgan fingerprint density at radius 1 is 1.03 bits per heavy atom. The van der Waals surface area contributed by atoms with Crippen molar-refractivity contribution >= 4 is 27.4 Å². The zero-order valence-electron chi connectivity index (χ0n) is 19.4. The maximum Gasteiger partial charge on any atom is 0.337 e. The Kier molecular flexibility index (Phi) is 6.95. The van der Waals surface area contributed by atoms with Crippen molar-refractivity contribution in [2.75, 3.05) is 42.3 Å². The third kappa shape index (κ3) is 5.50. The largest absolute Gasteiger partial charge is 0.478 e. The Labute approximate surface area is 196 Å². The summed E-state index contributed by atoms with van der Waals surface area (Å²) in [5, 5.41) is 9.89. The first-order valence-electron chi connectivity index (χ1n) is 11.7. The van der Waals surface area contributed by atoms with Crippen LogP contribution in [-0.4, -0.2) is 57.1 Å². The van der Waals surface area contributed by atoms with Crippen LogP contribution in [0.4, 0.5) is 11.4 Å². The first kappa shape index (κ1) is 23.6. The average molecular weight is 472 g/mol. The minimum Gasteiger partial charge on any atom is -0.478 e. The van der Waals surface area contributed by atoms with Gasteiger partial charge in [0.25, 0.3) is 10.0 Å². The van der Waals surface area contributed by atoms with E-state index in [2.05, 4.69) is 14.5 Å². The summed E-state index contributed by atoms with van der Waals surface area (Å²) in [6.07, 6.45) is 4.71. The van der Waals surface area contributed by atoms with Crippen LogP contribution in [0.25, 0.3) is 0 Å². The normalized spacial score (nSPS) is 19.6. The second-order valence-corrected chi connectivity index (χ2v) is 11.0. The summed E-state index contributed by atoms with van der Waals surface area (Å²) < 4.78 is 28.3. The van der Waals surface area contributed by atoms with Crippen LogP contribution in [0.1, 0.15) is 47.2 Å². The Hall–Kier alpha value is -2.58. The van der Waals surface area contributed by atoms with E-state index in [1.54, 1.807) is 30.3 Å². The zero-order valence-corrected chi connectivity index (χ0v) is 20.2. The number of benzene rings is 2. The number of hydrogen-bond acceptors (Lipinski definition) is 5. The monoisotopic (exact) mass is 471 g/mol. The molecule has 0 spiro atoms. The van der Waals surface area contributed by atoms with Gasteiger partial charge in [-0.1, -0.05) is 6.07 Å². The third-order valence-electron chi connectivity index (χ3n) is 6.84. The molecule has 8 heteroatoms. The first-order chi connectivity index (χ1) is 15.7. The van der Waals surface area contributed by atoms with Crippen molar-refractivity contribution in [1.29, 1.82) is 0 Å². The highest BCUT2D eigenvalue weighted by atomic mass is 32.2. The summed E-state index contributed by atoms with van der Waals surface area (Å²) in [7, 11) is -3.82. The second kappa shape index (κ2) is 9.73. The molecule has 7 nitrogen and oxygen atoms in total. The van der Waals surface area contributed by atoms with Crippen LogP contribution in [-0.2, 0) is 10.0 Å². The lowest BCUT2D eigenvalue weighted by molar-refractivity contribution is 0.0697. The van der Waals surface area contributed by atoms with E-state index in [0.717, 1.165) is 56.7 Å². The summed E-state index contributed by atoms with van der Waals surface area (Å²) in [6, 6.07) is 9.78. The highest BCUT2D eigenvalue weighted by molar-refractivity contribution is 7.92. The van der Waals surface area contributed by atoms with Gasteiger partial charge >= 0.3 is 5.97 Å². The highest BCUT2D eigenvalue weighted by Gasteiger charge is 2.26. The number of carbonyl (C=O) groups is 1. The Morgan fingerprint density at radius 3 is 2.48 bits per heavy atom. The standard InChI is InChI=1S/C25H33N3O4S/c1-18-7-9-22(14-19(18)2)33(31,32)26-21-8-10-24(23(15-21)25(29)30)28-13-5-6-20(17-28)16-27-11-3-4-12-27/h7-10,14-15,20,26H,3-6,11-13,16-17H2,1-2H3,(H,29,30). The van der Waals surface area contributed by atoms with E-state index in [4.69, 9.17) is 0 Å². The molecule has 0 amide bonds. The Morgan fingerprint density at radius 2 is 1.79 bits per heavy atom. The fraction of sp³-hybridized carbons (Fsp3) is 0.480. The summed E-state index contributed by atoms with van der Waals surface area (Å²) in [5.41, 5.74) is 2.92. The summed E-state index contributed by atoms with van der Waals surface area (Å²) >= 11 is 0. The molecule has 0 aliphatic carbocycles. The van der Waals surface area contributed by atoms with Gasteiger partial charge < -0.3 is 14.9 Å². The molecule has 1 unspecified atom stereocenters. The van der Waals surface area contributed by atoms with Crippen molar-refractivity contribution in [2.45, 2.75) is 44.4 Å². The smallest absolute Gasteiger partial charge is 0.337 e. The molecule has 0 aromatic heterocycles. The quantitative estimate of drug-likeness (QED) is 0.632. The number of rotatable bonds is 7. The highest BCUT2D eigenvalue weighted by Crippen LogP contribution is 2.30. The molecule has 0 radical (unpaired) electrons. The van der Waals surface area contributed by atoms with Crippen LogP contribution < -0.4 is 9.62 Å². The summed E-state index contributed by atoms with van der Waals surface area (Å²) in [6.45, 7) is 8.80. The van der Waals surface area contributed by atoms with Gasteiger partial charge in [-0.2, -0.15) is 0 Å². The number of carboxylic acids is 1. The number of carboxylic acid groups (broad SMARTS) is 1. The molecule has 2 aromatic rings. The predicted molar refractivity (Wildman–Crippen MR) is 131 cm³/mol. The van der Waals surface area contributed by atoms with Crippen LogP contribution in [0.2, 0.25) is 0 Å². The number of sulfonamides is 1. The van der Waals surface area contributed by atoms with Crippen molar-refractivity contribution in [3.05, 3.63) is 53.1 Å². The number of piperidine rings is 1. The van der Waals surface area contributed by atoms with Crippen LogP contribution >= 0.6 is 0 Å². The Bertz CT molecular complexity index is 1130. The molecule has 2 fully saturated rings. The lowest BCUT2D eigenvalue weighted by Gasteiger charge is -2.36. The fourth-order valence-corrected chi connectivity index (χ4v) is 6.04. The molecular formula is C25H33N3O4S. The lowest BCUT2D eigenvalue weighted by atomic mass is 9.96. The SMILES string of the molecule is Cc1ccc(S(=O)(=O)Nc2ccc(N3CCCC(CN4CCCC4)C3)c(C(=O)O)c2)cc1C. The number of nitrogens with zero attached hydrogens (tertiary/aromatic N) is 2. The van der Waals surface area contributed by atoms with E-state index in [1.807, 2.05) is 13.8 Å². The number of anilines is 2. The molecular weight excluding hydrogens is 438 g/mol. The van der Waals surface area contributed by atoms with E-state index in [9.17, 15) is 18.3 Å². The molecule has 0 saturated carbocycles. The van der Waals surface area contributed by atoms with Crippen molar-refractivity contribution in [3.8, 4) is 0 Å². The molecule has 2 aromatic carbocycles. The van der Waals surface area contributed by atoms with Gasteiger partial charge in [-0.15, -0.1) is 0 Å². The van der Waals surface area contributed by atoms with Gasteiger partial charge in [0.05, 0.1) is 16.1 Å². The summed E-state index contributed by atoms with van der Waals surface area (Å²) in [5.74, 6) is -0.541. The van der Waals surface area contributed by atoms with Gasteiger partial charge in [0.2, 0.25) is 0 Å². The average Bonchev–Trinajstić information content (AvgIpc) is 3.28. The number of hydrogen-bond donors (Lipinski definition) is 2. The van der Waals surface area contributed by atoms with E-state index in [0.29, 0.717) is 11.6 Å². The van der Waals surface area contributed by atoms with E-state index in [-0.39, 0.29) is 16.1 Å². The molecule has 4 rings (SSSR count). The number of likely N-dealkylation sites (tertiary alicyclic amines) is 1. The summed E-state index contributed by atoms with van der Waals surface area (Å²) in [4.78, 5) is 16.9. The predicted octanol–water partition coefficient (Wildman–Crippen LogP) is 4.11. The molecule has 2 N–H and O–H groups in total. The lowest BCUT2D eigenvalue weighted by Crippen LogP contribution is -2.41. The number of aromatic carboxylic acids is 1. The molecule has 2 aliphatic rings. The first-order valence-corrected chi connectivity index (χ1v) is 13.2. The molecule has 0 bridgehead atoms. The third-order valence-corrected chi connectivity index (χ3v) is 8.22. The zero-order chi connectivity index (χ0) is 23.6. The minimum atomic E-state index is -3.82.